The lowest BCUT2D eigenvalue weighted by molar-refractivity contribution is -0.150. The van der Waals surface area contributed by atoms with Gasteiger partial charge in [0.05, 0.1) is 11.1 Å². The zero-order valence-corrected chi connectivity index (χ0v) is 15.9. The molecule has 0 aliphatic carbocycles. The zero-order valence-electron chi connectivity index (χ0n) is 15.1. The number of nitrogens with zero attached hydrogens (tertiary/aromatic N) is 1. The largest absolute Gasteiger partial charge is 0.481 e. The molecule has 0 aliphatic heterocycles. The van der Waals surface area contributed by atoms with Crippen molar-refractivity contribution in [3.63, 3.8) is 0 Å². The Morgan fingerprint density at radius 3 is 2.30 bits per heavy atom. The van der Waals surface area contributed by atoms with Gasteiger partial charge in [0.1, 0.15) is 10.8 Å². The van der Waals surface area contributed by atoms with E-state index in [0.717, 1.165) is 16.1 Å². The number of Topliss-reactive ketones (excluding diaryl/α,β-unsaturated/α-hetero) is 1. The quantitative estimate of drug-likeness (QED) is 0.619. The van der Waals surface area contributed by atoms with Gasteiger partial charge >= 0.3 is 5.97 Å². The van der Waals surface area contributed by atoms with Crippen LogP contribution in [-0.4, -0.2) is 21.8 Å². The van der Waals surface area contributed by atoms with Gasteiger partial charge in [-0.05, 0) is 18.9 Å². The van der Waals surface area contributed by atoms with Gasteiger partial charge in [-0.15, -0.1) is 11.3 Å². The summed E-state index contributed by atoms with van der Waals surface area (Å²) in [7, 11) is 0. The molecule has 0 fully saturated rings. The van der Waals surface area contributed by atoms with Gasteiger partial charge in [-0.3, -0.25) is 9.59 Å². The van der Waals surface area contributed by atoms with Crippen LogP contribution in [0.1, 0.15) is 24.6 Å². The maximum Gasteiger partial charge on any atom is 0.310 e. The molecule has 2 aromatic carbocycles. The van der Waals surface area contributed by atoms with Crippen molar-refractivity contribution in [3.8, 4) is 10.6 Å². The monoisotopic (exact) mass is 379 g/mol. The Balaban J connectivity index is 1.68. The molecule has 4 nitrogen and oxygen atoms in total. The third-order valence-corrected chi connectivity index (χ3v) is 5.43. The van der Waals surface area contributed by atoms with E-state index in [4.69, 9.17) is 0 Å². The van der Waals surface area contributed by atoms with Crippen molar-refractivity contribution in [2.45, 2.75) is 26.2 Å². The third-order valence-electron chi connectivity index (χ3n) is 4.49. The lowest BCUT2D eigenvalue weighted by Crippen LogP contribution is -2.33. The SMILES string of the molecule is CC(CC(=O)Cc1csc(-c2ccccc2)n1)(Cc1ccccc1)C(=O)O. The Hall–Kier alpha value is -2.79. The fraction of sp³-hybridized carbons (Fsp3) is 0.227. The first-order valence-electron chi connectivity index (χ1n) is 8.75. The summed E-state index contributed by atoms with van der Waals surface area (Å²) in [5.41, 5.74) is 1.49. The highest BCUT2D eigenvalue weighted by Gasteiger charge is 2.35. The van der Waals surface area contributed by atoms with Gasteiger partial charge in [0.2, 0.25) is 0 Å². The van der Waals surface area contributed by atoms with Crippen molar-refractivity contribution >= 4 is 23.1 Å². The van der Waals surface area contributed by atoms with Gasteiger partial charge in [-0.2, -0.15) is 0 Å². The number of thiazole rings is 1. The second-order valence-electron chi connectivity index (χ2n) is 6.93. The van der Waals surface area contributed by atoms with E-state index in [-0.39, 0.29) is 18.6 Å². The fourth-order valence-electron chi connectivity index (χ4n) is 3.06. The van der Waals surface area contributed by atoms with E-state index in [9.17, 15) is 14.7 Å². The molecule has 1 N–H and O–H groups in total. The van der Waals surface area contributed by atoms with Crippen LogP contribution >= 0.6 is 11.3 Å². The maximum absolute atomic E-state index is 12.6. The second kappa shape index (κ2) is 8.27. The number of carbonyl (C=O) groups excluding carboxylic acids is 1. The van der Waals surface area contributed by atoms with Crippen LogP contribution in [0.5, 0.6) is 0 Å². The first-order chi connectivity index (χ1) is 13.0. The van der Waals surface area contributed by atoms with Crippen LogP contribution in [0.3, 0.4) is 0 Å². The molecule has 0 radical (unpaired) electrons. The standard InChI is InChI=1S/C22H21NO3S/c1-22(21(25)26,13-16-8-4-2-5-9-16)14-19(24)12-18-15-27-20(23-18)17-10-6-3-7-11-17/h2-11,15H,12-14H2,1H3,(H,25,26). The number of carbonyl (C=O) groups is 2. The first kappa shape index (κ1) is 19.0. The predicted octanol–water partition coefficient (Wildman–Crippen LogP) is 4.65. The lowest BCUT2D eigenvalue weighted by Gasteiger charge is -2.24. The topological polar surface area (TPSA) is 67.3 Å². The van der Waals surface area contributed by atoms with E-state index >= 15 is 0 Å². The summed E-state index contributed by atoms with van der Waals surface area (Å²) in [5.74, 6) is -1.07. The van der Waals surface area contributed by atoms with Crippen LogP contribution in [0.25, 0.3) is 10.6 Å². The molecule has 0 aliphatic rings. The number of aromatic nitrogens is 1. The normalized spacial score (nSPS) is 13.1. The van der Waals surface area contributed by atoms with Crippen LogP contribution in [0, 0.1) is 5.41 Å². The molecule has 0 amide bonds. The van der Waals surface area contributed by atoms with E-state index in [1.54, 1.807) is 6.92 Å². The lowest BCUT2D eigenvalue weighted by atomic mass is 9.79. The molecule has 0 saturated heterocycles. The first-order valence-corrected chi connectivity index (χ1v) is 9.63. The molecule has 27 heavy (non-hydrogen) atoms. The molecular weight excluding hydrogens is 358 g/mol. The third kappa shape index (κ3) is 4.89. The van der Waals surface area contributed by atoms with Gasteiger partial charge in [-0.1, -0.05) is 60.7 Å². The summed E-state index contributed by atoms with van der Waals surface area (Å²) in [6.45, 7) is 1.64. The zero-order chi connectivity index (χ0) is 19.3. The fourth-order valence-corrected chi connectivity index (χ4v) is 3.89. The molecule has 3 aromatic rings. The Kier molecular flexibility index (Phi) is 5.81. The van der Waals surface area contributed by atoms with Crippen molar-refractivity contribution in [2.24, 2.45) is 5.41 Å². The summed E-state index contributed by atoms with van der Waals surface area (Å²) in [5, 5.41) is 12.4. The Bertz CT molecular complexity index is 921. The molecule has 0 spiro atoms. The van der Waals surface area contributed by atoms with Gasteiger partial charge in [-0.25, -0.2) is 4.98 Å². The Labute approximate surface area is 162 Å². The maximum atomic E-state index is 12.6. The van der Waals surface area contributed by atoms with Crippen molar-refractivity contribution in [2.75, 3.05) is 0 Å². The van der Waals surface area contributed by atoms with E-state index < -0.39 is 11.4 Å². The molecular formula is C22H21NO3S. The van der Waals surface area contributed by atoms with Crippen LogP contribution in [-0.2, 0) is 22.4 Å². The van der Waals surface area contributed by atoms with Crippen molar-refractivity contribution in [1.29, 1.82) is 0 Å². The van der Waals surface area contributed by atoms with E-state index in [1.165, 1.54) is 11.3 Å². The number of ketones is 1. The summed E-state index contributed by atoms with van der Waals surface area (Å²) in [4.78, 5) is 28.9. The van der Waals surface area contributed by atoms with Crippen molar-refractivity contribution in [3.05, 3.63) is 77.3 Å². The Morgan fingerprint density at radius 1 is 1.04 bits per heavy atom. The van der Waals surface area contributed by atoms with E-state index in [2.05, 4.69) is 4.98 Å². The molecule has 3 rings (SSSR count). The van der Waals surface area contributed by atoms with Gasteiger partial charge in [0.15, 0.2) is 0 Å². The molecule has 5 heteroatoms. The average molecular weight is 379 g/mol. The highest BCUT2D eigenvalue weighted by Crippen LogP contribution is 2.29. The molecule has 138 valence electrons. The van der Waals surface area contributed by atoms with Crippen LogP contribution in [0.2, 0.25) is 0 Å². The van der Waals surface area contributed by atoms with Gasteiger partial charge < -0.3 is 5.11 Å². The second-order valence-corrected chi connectivity index (χ2v) is 7.79. The van der Waals surface area contributed by atoms with Crippen molar-refractivity contribution < 1.29 is 14.7 Å². The van der Waals surface area contributed by atoms with E-state index in [0.29, 0.717) is 12.1 Å². The highest BCUT2D eigenvalue weighted by atomic mass is 32.1. The molecule has 1 aromatic heterocycles. The predicted molar refractivity (Wildman–Crippen MR) is 107 cm³/mol. The smallest absolute Gasteiger partial charge is 0.310 e. The average Bonchev–Trinajstić information content (AvgIpc) is 3.11. The molecule has 1 heterocycles. The minimum atomic E-state index is -1.13. The Morgan fingerprint density at radius 2 is 1.67 bits per heavy atom. The minimum Gasteiger partial charge on any atom is -0.481 e. The number of aliphatic carboxylic acids is 1. The molecule has 0 bridgehead atoms. The summed E-state index contributed by atoms with van der Waals surface area (Å²) in [6, 6.07) is 19.2. The number of carboxylic acid groups (broad SMARTS) is 1. The molecule has 1 atom stereocenters. The minimum absolute atomic E-state index is 0.0184. The summed E-state index contributed by atoms with van der Waals surface area (Å²) < 4.78 is 0. The number of rotatable bonds is 8. The summed E-state index contributed by atoms with van der Waals surface area (Å²) in [6.07, 6.45) is 0.456. The van der Waals surface area contributed by atoms with Gasteiger partial charge in [0.25, 0.3) is 0 Å². The number of carboxylic acids is 1. The van der Waals surface area contributed by atoms with Crippen molar-refractivity contribution in [1.82, 2.24) is 4.98 Å². The number of benzene rings is 2. The van der Waals surface area contributed by atoms with Crippen LogP contribution in [0.15, 0.2) is 66.0 Å². The van der Waals surface area contributed by atoms with Gasteiger partial charge in [0, 0.05) is 23.8 Å². The summed E-state index contributed by atoms with van der Waals surface area (Å²) >= 11 is 1.49. The van der Waals surface area contributed by atoms with Crippen LogP contribution in [0.4, 0.5) is 0 Å². The van der Waals surface area contributed by atoms with Crippen LogP contribution < -0.4 is 0 Å². The van der Waals surface area contributed by atoms with E-state index in [1.807, 2.05) is 66.0 Å². The number of hydrogen-bond donors (Lipinski definition) is 1. The molecule has 1 unspecified atom stereocenters. The highest BCUT2D eigenvalue weighted by molar-refractivity contribution is 7.13. The molecule has 0 saturated carbocycles. The number of hydrogen-bond acceptors (Lipinski definition) is 4.